The highest BCUT2D eigenvalue weighted by Gasteiger charge is 2.29. The standard InChI is InChI=1S/C18H21N7O/c1-11-9-26-7-6-25(11)14-8-12(18(2,3)10-19)15-17(21-14)16(24-23-15)13-4-5-20-22-13/h4-5,8,11H,6-7,9H2,1-3H3,(H,20,22)(H,23,24). The van der Waals surface area contributed by atoms with Crippen LogP contribution in [-0.2, 0) is 10.2 Å². The van der Waals surface area contributed by atoms with Crippen LogP contribution < -0.4 is 4.90 Å². The van der Waals surface area contributed by atoms with Crippen molar-refractivity contribution in [2.24, 2.45) is 0 Å². The highest BCUT2D eigenvalue weighted by molar-refractivity contribution is 5.92. The summed E-state index contributed by atoms with van der Waals surface area (Å²) in [5.74, 6) is 0.841. The van der Waals surface area contributed by atoms with Crippen LogP contribution in [0.5, 0.6) is 0 Å². The molecular weight excluding hydrogens is 330 g/mol. The van der Waals surface area contributed by atoms with Crippen LogP contribution in [-0.4, -0.2) is 51.2 Å². The Labute approximate surface area is 151 Å². The predicted octanol–water partition coefficient (Wildman–Crippen LogP) is 2.37. The molecule has 1 atom stereocenters. The van der Waals surface area contributed by atoms with Gasteiger partial charge in [0.05, 0.1) is 36.4 Å². The maximum absolute atomic E-state index is 9.69. The lowest BCUT2D eigenvalue weighted by molar-refractivity contribution is 0.0985. The summed E-state index contributed by atoms with van der Waals surface area (Å²) in [6.45, 7) is 8.02. The van der Waals surface area contributed by atoms with Crippen molar-refractivity contribution < 1.29 is 4.74 Å². The number of fused-ring (bicyclic) bond motifs is 1. The van der Waals surface area contributed by atoms with Crippen LogP contribution in [0.1, 0.15) is 26.3 Å². The molecule has 8 nitrogen and oxygen atoms in total. The van der Waals surface area contributed by atoms with E-state index in [1.54, 1.807) is 6.20 Å². The van der Waals surface area contributed by atoms with Crippen LogP contribution in [0.15, 0.2) is 18.3 Å². The van der Waals surface area contributed by atoms with E-state index in [0.29, 0.717) is 18.7 Å². The van der Waals surface area contributed by atoms with E-state index in [-0.39, 0.29) is 6.04 Å². The van der Waals surface area contributed by atoms with Crippen LogP contribution in [0, 0.1) is 11.3 Å². The maximum Gasteiger partial charge on any atom is 0.130 e. The van der Waals surface area contributed by atoms with Gasteiger partial charge in [0, 0.05) is 18.3 Å². The third-order valence-corrected chi connectivity index (χ3v) is 4.88. The normalized spacial score (nSPS) is 18.2. The number of anilines is 1. The molecule has 26 heavy (non-hydrogen) atoms. The van der Waals surface area contributed by atoms with Gasteiger partial charge in [-0.05, 0) is 32.9 Å². The molecule has 134 valence electrons. The van der Waals surface area contributed by atoms with Crippen LogP contribution in [0.25, 0.3) is 22.4 Å². The zero-order valence-corrected chi connectivity index (χ0v) is 15.1. The first-order chi connectivity index (χ1) is 12.5. The number of H-pyrrole nitrogens is 2. The SMILES string of the molecule is CC1COCCN1c1cc(C(C)(C)C#N)c2n[nH]c(-c3ccn[nH]3)c2n1. The second kappa shape index (κ2) is 6.11. The monoisotopic (exact) mass is 351 g/mol. The van der Waals surface area contributed by atoms with Gasteiger partial charge in [-0.3, -0.25) is 10.2 Å². The third-order valence-electron chi connectivity index (χ3n) is 4.88. The van der Waals surface area contributed by atoms with Gasteiger partial charge in [-0.25, -0.2) is 4.98 Å². The molecule has 4 heterocycles. The van der Waals surface area contributed by atoms with Crippen molar-refractivity contribution in [1.29, 1.82) is 5.26 Å². The van der Waals surface area contributed by atoms with Crippen LogP contribution in [0.4, 0.5) is 5.82 Å². The Hall–Kier alpha value is -2.92. The molecule has 3 aromatic rings. The van der Waals surface area contributed by atoms with Crippen LogP contribution in [0.3, 0.4) is 0 Å². The Morgan fingerprint density at radius 3 is 2.88 bits per heavy atom. The van der Waals surface area contributed by atoms with Crippen molar-refractivity contribution in [3.8, 4) is 17.5 Å². The fraction of sp³-hybridized carbons (Fsp3) is 0.444. The molecule has 2 N–H and O–H groups in total. The third kappa shape index (κ3) is 2.61. The van der Waals surface area contributed by atoms with E-state index in [9.17, 15) is 5.26 Å². The van der Waals surface area contributed by atoms with Gasteiger partial charge in [0.2, 0.25) is 0 Å². The lowest BCUT2D eigenvalue weighted by atomic mass is 9.85. The van der Waals surface area contributed by atoms with Crippen molar-refractivity contribution >= 4 is 16.9 Å². The minimum absolute atomic E-state index is 0.217. The number of hydrogen-bond acceptors (Lipinski definition) is 6. The quantitative estimate of drug-likeness (QED) is 0.750. The molecule has 8 heteroatoms. The van der Waals surface area contributed by atoms with E-state index in [0.717, 1.165) is 34.8 Å². The molecule has 1 fully saturated rings. The molecule has 0 radical (unpaired) electrons. The van der Waals surface area contributed by atoms with Crippen molar-refractivity contribution in [2.75, 3.05) is 24.7 Å². The number of nitriles is 1. The molecule has 1 aliphatic heterocycles. The maximum atomic E-state index is 9.69. The average molecular weight is 351 g/mol. The summed E-state index contributed by atoms with van der Waals surface area (Å²) in [7, 11) is 0. The molecule has 0 bridgehead atoms. The summed E-state index contributed by atoms with van der Waals surface area (Å²) in [4.78, 5) is 7.12. The highest BCUT2D eigenvalue weighted by atomic mass is 16.5. The Kier molecular flexibility index (Phi) is 3.89. The van der Waals surface area contributed by atoms with E-state index in [4.69, 9.17) is 9.72 Å². The van der Waals surface area contributed by atoms with Gasteiger partial charge < -0.3 is 9.64 Å². The second-order valence-corrected chi connectivity index (χ2v) is 7.15. The first-order valence-corrected chi connectivity index (χ1v) is 8.66. The minimum Gasteiger partial charge on any atom is -0.377 e. The number of rotatable bonds is 3. The Balaban J connectivity index is 1.96. The number of nitrogens with zero attached hydrogens (tertiary/aromatic N) is 5. The first kappa shape index (κ1) is 16.5. The second-order valence-electron chi connectivity index (χ2n) is 7.15. The zero-order chi connectivity index (χ0) is 18.3. The number of ether oxygens (including phenoxy) is 1. The molecule has 0 amide bonds. The minimum atomic E-state index is -0.689. The number of morpholine rings is 1. The lowest BCUT2D eigenvalue weighted by Crippen LogP contribution is -2.44. The van der Waals surface area contributed by atoms with Crippen LogP contribution >= 0.6 is 0 Å². The average Bonchev–Trinajstić information content (AvgIpc) is 3.30. The molecule has 0 aromatic carbocycles. The topological polar surface area (TPSA) is 107 Å². The van der Waals surface area contributed by atoms with Gasteiger partial charge in [0.15, 0.2) is 0 Å². The summed E-state index contributed by atoms with van der Waals surface area (Å²) in [6, 6.07) is 6.47. The van der Waals surface area contributed by atoms with Crippen molar-refractivity contribution in [3.63, 3.8) is 0 Å². The van der Waals surface area contributed by atoms with E-state index in [2.05, 4.69) is 38.3 Å². The first-order valence-electron chi connectivity index (χ1n) is 8.66. The van der Waals surface area contributed by atoms with E-state index < -0.39 is 5.41 Å². The molecule has 0 saturated carbocycles. The molecule has 0 spiro atoms. The highest BCUT2D eigenvalue weighted by Crippen LogP contribution is 2.35. The number of nitrogens with one attached hydrogen (secondary N) is 2. The lowest BCUT2D eigenvalue weighted by Gasteiger charge is -2.35. The molecule has 1 saturated heterocycles. The summed E-state index contributed by atoms with van der Waals surface area (Å²) in [5, 5.41) is 24.2. The summed E-state index contributed by atoms with van der Waals surface area (Å²) < 4.78 is 5.55. The van der Waals surface area contributed by atoms with Crippen LogP contribution in [0.2, 0.25) is 0 Å². The van der Waals surface area contributed by atoms with Gasteiger partial charge in [0.1, 0.15) is 22.5 Å². The van der Waals surface area contributed by atoms with Gasteiger partial charge in [-0.15, -0.1) is 0 Å². The fourth-order valence-electron chi connectivity index (χ4n) is 3.31. The summed E-state index contributed by atoms with van der Waals surface area (Å²) >= 11 is 0. The number of hydrogen-bond donors (Lipinski definition) is 2. The molecule has 1 unspecified atom stereocenters. The Bertz CT molecular complexity index is 967. The van der Waals surface area contributed by atoms with Gasteiger partial charge >= 0.3 is 0 Å². The molecule has 4 rings (SSSR count). The van der Waals surface area contributed by atoms with Gasteiger partial charge in [-0.1, -0.05) is 0 Å². The van der Waals surface area contributed by atoms with E-state index >= 15 is 0 Å². The van der Waals surface area contributed by atoms with E-state index in [1.807, 2.05) is 26.0 Å². The predicted molar refractivity (Wildman–Crippen MR) is 97.7 cm³/mol. The number of pyridine rings is 1. The van der Waals surface area contributed by atoms with Gasteiger partial charge in [-0.2, -0.15) is 15.5 Å². The summed E-state index contributed by atoms with van der Waals surface area (Å²) in [5.41, 5.74) is 3.21. The largest absolute Gasteiger partial charge is 0.377 e. The Morgan fingerprint density at radius 1 is 1.35 bits per heavy atom. The summed E-state index contributed by atoms with van der Waals surface area (Å²) in [6.07, 6.45) is 1.69. The van der Waals surface area contributed by atoms with Gasteiger partial charge in [0.25, 0.3) is 0 Å². The molecule has 0 aliphatic carbocycles. The molecular formula is C18H21N7O. The van der Waals surface area contributed by atoms with Crippen molar-refractivity contribution in [3.05, 3.63) is 23.9 Å². The smallest absolute Gasteiger partial charge is 0.130 e. The zero-order valence-electron chi connectivity index (χ0n) is 15.1. The Morgan fingerprint density at radius 2 is 2.19 bits per heavy atom. The van der Waals surface area contributed by atoms with Crippen molar-refractivity contribution in [1.82, 2.24) is 25.4 Å². The number of aromatic nitrogens is 5. The number of aromatic amines is 2. The fourth-order valence-corrected chi connectivity index (χ4v) is 3.31. The van der Waals surface area contributed by atoms with E-state index in [1.165, 1.54) is 0 Å². The molecule has 3 aromatic heterocycles. The molecule has 1 aliphatic rings. The van der Waals surface area contributed by atoms with Crippen molar-refractivity contribution in [2.45, 2.75) is 32.2 Å².